The average molecular weight is 511 g/mol. The van der Waals surface area contributed by atoms with Crippen LogP contribution in [0.5, 0.6) is 0 Å². The molecule has 4 N–H and O–H groups in total. The lowest BCUT2D eigenvalue weighted by Gasteiger charge is -2.60. The summed E-state index contributed by atoms with van der Waals surface area (Å²) in [5, 5.41) is 23.1. The van der Waals surface area contributed by atoms with Crippen LogP contribution < -0.4 is 5.73 Å². The number of nitrogens with two attached hydrogens (primary N) is 1. The number of carbonyl (C=O) groups is 1. The van der Waals surface area contributed by atoms with Crippen LogP contribution >= 0.6 is 11.6 Å². The van der Waals surface area contributed by atoms with Crippen LogP contribution in [0.2, 0.25) is 5.02 Å². The fraction of sp³-hybridized carbons (Fsp3) is 0.483. The van der Waals surface area contributed by atoms with Crippen molar-refractivity contribution in [3.8, 4) is 11.1 Å². The summed E-state index contributed by atoms with van der Waals surface area (Å²) in [6.45, 7) is 6.96. The zero-order valence-electron chi connectivity index (χ0n) is 20.8. The average Bonchev–Trinajstić information content (AvgIpc) is 3.24. The lowest BCUT2D eigenvalue weighted by atomic mass is 9.56. The van der Waals surface area contributed by atoms with Crippen LogP contribution in [0.25, 0.3) is 11.1 Å². The molecule has 1 saturated carbocycles. The second-order valence-corrected chi connectivity index (χ2v) is 10.8. The third-order valence-electron chi connectivity index (χ3n) is 8.37. The topological polar surface area (TPSA) is 96.0 Å². The maximum absolute atomic E-state index is 13.5. The van der Waals surface area contributed by atoms with Crippen LogP contribution in [-0.2, 0) is 27.2 Å². The first kappa shape index (κ1) is 25.4. The van der Waals surface area contributed by atoms with Gasteiger partial charge in [0.05, 0.1) is 19.3 Å². The predicted octanol–water partition coefficient (Wildman–Crippen LogP) is 3.89. The molecule has 0 unspecified atom stereocenters. The monoisotopic (exact) mass is 510 g/mol. The second kappa shape index (κ2) is 9.58. The quantitative estimate of drug-likeness (QED) is 0.512. The molecule has 5 rings (SSSR count). The molecule has 192 valence electrons. The van der Waals surface area contributed by atoms with Crippen molar-refractivity contribution in [3.05, 3.63) is 70.8 Å². The van der Waals surface area contributed by atoms with Crippen LogP contribution in [0.1, 0.15) is 49.3 Å². The second-order valence-electron chi connectivity index (χ2n) is 10.4. The van der Waals surface area contributed by atoms with Crippen molar-refractivity contribution in [2.45, 2.75) is 62.4 Å². The standard InChI is InChI=1S/C29H35ClN2O4/c1-3-5-11-28(35)26-21(9-10-22(30)25(26)19-8-6-7-18(4-2)14-19)29(28)17-32(12-13-36-29)27(34)20-15-23(31)24(33)16-20/h3,6-10,14,20,23-24,33,35H,1,4-5,11-13,15-17,31H2,2H3/t20-,23+,24-,28+,29-/m0/s1. The number of morpholine rings is 1. The summed E-state index contributed by atoms with van der Waals surface area (Å²) in [6, 6.07) is 11.6. The van der Waals surface area contributed by atoms with Gasteiger partial charge in [0.2, 0.25) is 5.91 Å². The fourth-order valence-electron chi connectivity index (χ4n) is 6.41. The zero-order valence-corrected chi connectivity index (χ0v) is 21.5. The Hall–Kier alpha value is -2.22. The molecule has 1 spiro atoms. The molecule has 1 amide bonds. The third-order valence-corrected chi connectivity index (χ3v) is 8.68. The number of allylic oxidation sites excluding steroid dienone is 1. The molecule has 6 nitrogen and oxygen atoms in total. The molecule has 1 heterocycles. The highest BCUT2D eigenvalue weighted by atomic mass is 35.5. The van der Waals surface area contributed by atoms with Crippen LogP contribution in [0.15, 0.2) is 49.1 Å². The number of aliphatic hydroxyl groups is 2. The SMILES string of the molecule is C=CCC[C@@]1(O)c2c(ccc(Cl)c2-c2cccc(CC)c2)[C@@]12CN(C(=O)[C@H]1C[C@@H](N)[C@@H](O)C1)CCO2. The Balaban J connectivity index is 1.57. The first-order valence-corrected chi connectivity index (χ1v) is 13.3. The number of hydrogen-bond acceptors (Lipinski definition) is 5. The van der Waals surface area contributed by atoms with E-state index >= 15 is 0 Å². The lowest BCUT2D eigenvalue weighted by molar-refractivity contribution is -0.255. The molecular formula is C29H35ClN2O4. The van der Waals surface area contributed by atoms with Gasteiger partial charge in [-0.25, -0.2) is 0 Å². The number of ether oxygens (including phenoxy) is 1. The van der Waals surface area contributed by atoms with Gasteiger partial charge in [-0.2, -0.15) is 0 Å². The van der Waals surface area contributed by atoms with Gasteiger partial charge in [0.25, 0.3) is 0 Å². The number of carbonyl (C=O) groups excluding carboxylic acids is 1. The Kier molecular flexibility index (Phi) is 6.77. The number of fused-ring (bicyclic) bond motifs is 2. The summed E-state index contributed by atoms with van der Waals surface area (Å²) in [5.74, 6) is -0.349. The predicted molar refractivity (Wildman–Crippen MR) is 141 cm³/mol. The minimum Gasteiger partial charge on any atom is -0.391 e. The molecule has 2 fully saturated rings. The number of aliphatic hydroxyl groups excluding tert-OH is 1. The van der Waals surface area contributed by atoms with Crippen LogP contribution in [0.3, 0.4) is 0 Å². The van der Waals surface area contributed by atoms with Crippen LogP contribution in [-0.4, -0.2) is 52.9 Å². The number of aryl methyl sites for hydroxylation is 1. The highest BCUT2D eigenvalue weighted by Gasteiger charge is 2.66. The van der Waals surface area contributed by atoms with Crippen molar-refractivity contribution in [1.82, 2.24) is 4.90 Å². The molecule has 2 aromatic rings. The molecule has 1 aliphatic heterocycles. The molecule has 5 atom stereocenters. The largest absolute Gasteiger partial charge is 0.391 e. The maximum atomic E-state index is 13.5. The Labute approximate surface area is 217 Å². The fourth-order valence-corrected chi connectivity index (χ4v) is 6.67. The summed E-state index contributed by atoms with van der Waals surface area (Å²) in [7, 11) is 0. The van der Waals surface area contributed by atoms with E-state index in [2.05, 4.69) is 25.6 Å². The van der Waals surface area contributed by atoms with Crippen molar-refractivity contribution in [1.29, 1.82) is 0 Å². The summed E-state index contributed by atoms with van der Waals surface area (Å²) >= 11 is 6.77. The van der Waals surface area contributed by atoms with Gasteiger partial charge in [0.1, 0.15) is 11.2 Å². The number of nitrogens with zero attached hydrogens (tertiary/aromatic N) is 1. The van der Waals surface area contributed by atoms with E-state index in [0.29, 0.717) is 43.9 Å². The normalized spacial score (nSPS) is 31.2. The van der Waals surface area contributed by atoms with E-state index in [0.717, 1.165) is 28.7 Å². The van der Waals surface area contributed by atoms with Gasteiger partial charge in [0.15, 0.2) is 0 Å². The number of rotatable bonds is 6. The first-order valence-electron chi connectivity index (χ1n) is 12.9. The number of hydrogen-bond donors (Lipinski definition) is 3. The lowest BCUT2D eigenvalue weighted by Crippen LogP contribution is -2.68. The number of amides is 1. The van der Waals surface area contributed by atoms with Gasteiger partial charge in [-0.3, -0.25) is 4.79 Å². The van der Waals surface area contributed by atoms with Crippen molar-refractivity contribution >= 4 is 17.5 Å². The first-order chi connectivity index (χ1) is 17.3. The van der Waals surface area contributed by atoms with Crippen LogP contribution in [0.4, 0.5) is 0 Å². The van der Waals surface area contributed by atoms with Crippen molar-refractivity contribution in [2.75, 3.05) is 19.7 Å². The molecule has 2 aliphatic carbocycles. The highest BCUT2D eigenvalue weighted by molar-refractivity contribution is 6.33. The van der Waals surface area contributed by atoms with E-state index in [-0.39, 0.29) is 24.4 Å². The Morgan fingerprint density at radius 1 is 1.33 bits per heavy atom. The Bertz CT molecular complexity index is 1180. The smallest absolute Gasteiger partial charge is 0.226 e. The minimum absolute atomic E-state index is 0.0333. The summed E-state index contributed by atoms with van der Waals surface area (Å²) in [4.78, 5) is 15.2. The summed E-state index contributed by atoms with van der Waals surface area (Å²) < 4.78 is 6.41. The van der Waals surface area contributed by atoms with Gasteiger partial charge in [0, 0.05) is 34.7 Å². The van der Waals surface area contributed by atoms with E-state index in [1.165, 1.54) is 5.56 Å². The molecule has 3 aliphatic rings. The van der Waals surface area contributed by atoms with Gasteiger partial charge < -0.3 is 25.6 Å². The molecule has 0 bridgehead atoms. The van der Waals surface area contributed by atoms with Crippen molar-refractivity contribution < 1.29 is 19.7 Å². The van der Waals surface area contributed by atoms with E-state index < -0.39 is 17.3 Å². The molecule has 36 heavy (non-hydrogen) atoms. The third kappa shape index (κ3) is 3.82. The van der Waals surface area contributed by atoms with Gasteiger partial charge in [-0.15, -0.1) is 6.58 Å². The molecule has 0 radical (unpaired) electrons. The van der Waals surface area contributed by atoms with E-state index in [1.54, 1.807) is 11.0 Å². The summed E-state index contributed by atoms with van der Waals surface area (Å²) in [6.07, 6.45) is 3.85. The van der Waals surface area contributed by atoms with Crippen molar-refractivity contribution in [2.24, 2.45) is 11.7 Å². The maximum Gasteiger partial charge on any atom is 0.226 e. The zero-order chi connectivity index (χ0) is 25.7. The number of benzene rings is 2. The molecule has 2 aromatic carbocycles. The van der Waals surface area contributed by atoms with Crippen LogP contribution in [0, 0.1) is 5.92 Å². The number of halogens is 1. The van der Waals surface area contributed by atoms with Gasteiger partial charge >= 0.3 is 0 Å². The minimum atomic E-state index is -1.34. The Morgan fingerprint density at radius 2 is 2.14 bits per heavy atom. The van der Waals surface area contributed by atoms with E-state index in [4.69, 9.17) is 22.1 Å². The van der Waals surface area contributed by atoms with Crippen molar-refractivity contribution in [3.63, 3.8) is 0 Å². The highest BCUT2D eigenvalue weighted by Crippen LogP contribution is 2.62. The van der Waals surface area contributed by atoms with Gasteiger partial charge in [-0.1, -0.05) is 54.9 Å². The molecule has 7 heteroatoms. The van der Waals surface area contributed by atoms with E-state index in [9.17, 15) is 15.0 Å². The summed E-state index contributed by atoms with van der Waals surface area (Å²) in [5.41, 5.74) is 8.20. The van der Waals surface area contributed by atoms with E-state index in [1.807, 2.05) is 24.3 Å². The van der Waals surface area contributed by atoms with Gasteiger partial charge in [-0.05, 0) is 54.9 Å². The Morgan fingerprint density at radius 3 is 2.83 bits per heavy atom. The molecule has 0 aromatic heterocycles. The molecule has 1 saturated heterocycles. The molecular weight excluding hydrogens is 476 g/mol.